The van der Waals surface area contributed by atoms with Crippen LogP contribution in [0.1, 0.15) is 22.3 Å². The SMILES string of the molecule is COc1cc(C)c2c(c1)C=[N+](c1ccccc1)[C@]1(Oc3c(C)cccc3C=[N+]1c1ccccc1)O2. The maximum atomic E-state index is 6.95. The monoisotopic (exact) mass is 462 g/mol. The van der Waals surface area contributed by atoms with Crippen molar-refractivity contribution in [2.75, 3.05) is 7.11 Å². The first kappa shape index (κ1) is 21.2. The molecule has 0 amide bonds. The van der Waals surface area contributed by atoms with E-state index in [4.69, 9.17) is 14.2 Å². The van der Waals surface area contributed by atoms with E-state index in [2.05, 4.69) is 60.3 Å². The molecule has 0 N–H and O–H groups in total. The molecular formula is C30H26N2O3+2. The number of benzene rings is 4. The Morgan fingerprint density at radius 3 is 1.80 bits per heavy atom. The van der Waals surface area contributed by atoms with Crippen LogP contribution in [0.2, 0.25) is 0 Å². The zero-order valence-corrected chi connectivity index (χ0v) is 19.9. The van der Waals surface area contributed by atoms with Gasteiger partial charge in [-0.15, -0.1) is 0 Å². The predicted molar refractivity (Wildman–Crippen MR) is 136 cm³/mol. The largest absolute Gasteiger partial charge is 0.714 e. The van der Waals surface area contributed by atoms with E-state index in [9.17, 15) is 0 Å². The van der Waals surface area contributed by atoms with Crippen LogP contribution in [0.4, 0.5) is 11.4 Å². The number of hydrogen-bond donors (Lipinski definition) is 0. The maximum Gasteiger partial charge on any atom is 0.714 e. The normalized spacial score (nSPS) is 17.9. The van der Waals surface area contributed by atoms with Crippen LogP contribution in [0, 0.1) is 13.8 Å². The van der Waals surface area contributed by atoms with Gasteiger partial charge in [0.2, 0.25) is 11.4 Å². The second-order valence-corrected chi connectivity index (χ2v) is 8.78. The molecule has 1 atom stereocenters. The highest BCUT2D eigenvalue weighted by Crippen LogP contribution is 2.43. The van der Waals surface area contributed by atoms with E-state index in [0.29, 0.717) is 0 Å². The fourth-order valence-corrected chi connectivity index (χ4v) is 4.73. The van der Waals surface area contributed by atoms with Crippen molar-refractivity contribution < 1.29 is 23.4 Å². The van der Waals surface area contributed by atoms with E-state index in [1.165, 1.54) is 0 Å². The molecule has 4 aromatic carbocycles. The topological polar surface area (TPSA) is 33.7 Å². The van der Waals surface area contributed by atoms with Crippen LogP contribution in [0.15, 0.2) is 91.0 Å². The third-order valence-electron chi connectivity index (χ3n) is 6.44. The molecule has 0 aliphatic carbocycles. The Hall–Kier alpha value is -4.38. The molecular weight excluding hydrogens is 436 g/mol. The first-order valence-corrected chi connectivity index (χ1v) is 11.6. The summed E-state index contributed by atoms with van der Waals surface area (Å²) < 4.78 is 23.5. The van der Waals surface area contributed by atoms with Gasteiger partial charge in [0.15, 0.2) is 23.9 Å². The summed E-state index contributed by atoms with van der Waals surface area (Å²) in [6.07, 6.45) is 4.19. The third-order valence-corrected chi connectivity index (χ3v) is 6.44. The molecule has 0 radical (unpaired) electrons. The Morgan fingerprint density at radius 1 is 0.629 bits per heavy atom. The summed E-state index contributed by atoms with van der Waals surface area (Å²) in [6, 6.07) is 29.1. The molecule has 0 bridgehead atoms. The Balaban J connectivity index is 1.68. The molecule has 0 saturated heterocycles. The average molecular weight is 463 g/mol. The second kappa shape index (κ2) is 8.13. The first-order chi connectivity index (χ1) is 17.1. The van der Waals surface area contributed by atoms with Gasteiger partial charge >= 0.3 is 6.03 Å². The predicted octanol–water partition coefficient (Wildman–Crippen LogP) is 5.93. The number of hydrogen-bond acceptors (Lipinski definition) is 3. The van der Waals surface area contributed by atoms with Gasteiger partial charge in [0.25, 0.3) is 0 Å². The average Bonchev–Trinajstić information content (AvgIpc) is 2.90. The van der Waals surface area contributed by atoms with E-state index in [1.807, 2.05) is 66.1 Å². The molecule has 5 nitrogen and oxygen atoms in total. The molecule has 1 spiro atoms. The Kier molecular flexibility index (Phi) is 4.92. The smallest absolute Gasteiger partial charge is 0.497 e. The molecule has 6 rings (SSSR count). The van der Waals surface area contributed by atoms with Crippen molar-refractivity contribution in [2.45, 2.75) is 19.9 Å². The molecule has 172 valence electrons. The number of fused-ring (bicyclic) bond motifs is 2. The van der Waals surface area contributed by atoms with Gasteiger partial charge in [0, 0.05) is 24.3 Å². The lowest BCUT2D eigenvalue weighted by Crippen LogP contribution is -2.62. The molecule has 0 fully saturated rings. The highest BCUT2D eigenvalue weighted by molar-refractivity contribution is 5.85. The minimum Gasteiger partial charge on any atom is -0.497 e. The van der Waals surface area contributed by atoms with Gasteiger partial charge in [0.1, 0.15) is 5.75 Å². The lowest BCUT2D eigenvalue weighted by Gasteiger charge is -2.32. The van der Waals surface area contributed by atoms with Crippen LogP contribution < -0.4 is 14.2 Å². The fourth-order valence-electron chi connectivity index (χ4n) is 4.73. The molecule has 4 aromatic rings. The minimum atomic E-state index is -1.33. The summed E-state index contributed by atoms with van der Waals surface area (Å²) in [4.78, 5) is 0. The summed E-state index contributed by atoms with van der Waals surface area (Å²) in [6.45, 7) is 4.08. The highest BCUT2D eigenvalue weighted by atomic mass is 16.7. The summed E-state index contributed by atoms with van der Waals surface area (Å²) in [5.41, 5.74) is 5.81. The fraction of sp³-hybridized carbons (Fsp3) is 0.133. The summed E-state index contributed by atoms with van der Waals surface area (Å²) in [5, 5.41) is 0. The van der Waals surface area contributed by atoms with Crippen LogP contribution >= 0.6 is 0 Å². The van der Waals surface area contributed by atoms with Crippen LogP contribution in [-0.4, -0.2) is 34.7 Å². The van der Waals surface area contributed by atoms with Gasteiger partial charge < -0.3 is 14.2 Å². The van der Waals surface area contributed by atoms with Crippen LogP contribution in [0.25, 0.3) is 0 Å². The molecule has 0 aromatic heterocycles. The quantitative estimate of drug-likeness (QED) is 0.354. The molecule has 2 aliphatic heterocycles. The van der Waals surface area contributed by atoms with Crippen LogP contribution in [-0.2, 0) is 0 Å². The van der Waals surface area contributed by atoms with Gasteiger partial charge in [-0.3, -0.25) is 0 Å². The lowest BCUT2D eigenvalue weighted by atomic mass is 10.1. The van der Waals surface area contributed by atoms with Gasteiger partial charge in [-0.25, -0.2) is 0 Å². The number of aryl methyl sites for hydroxylation is 2. The van der Waals surface area contributed by atoms with Gasteiger partial charge in [-0.2, -0.15) is 0 Å². The van der Waals surface area contributed by atoms with Crippen LogP contribution in [0.3, 0.4) is 0 Å². The van der Waals surface area contributed by atoms with Crippen molar-refractivity contribution in [3.05, 3.63) is 113 Å². The second-order valence-electron chi connectivity index (χ2n) is 8.78. The highest BCUT2D eigenvalue weighted by Gasteiger charge is 2.66. The zero-order valence-electron chi connectivity index (χ0n) is 19.9. The molecule has 5 heteroatoms. The standard InChI is InChI=1S/C30H26N2O3/c1-21-11-10-12-23-19-31(25-13-6-4-7-14-25)30(34-28(21)23)32(26-15-8-5-9-16-26)20-24-18-27(33-3)17-22(2)29(24)35-30/h4-20H,1-3H3/q+2/t30-/m1/s1. The summed E-state index contributed by atoms with van der Waals surface area (Å²) in [5.74, 6) is 2.33. The summed E-state index contributed by atoms with van der Waals surface area (Å²) >= 11 is 0. The van der Waals surface area contributed by atoms with E-state index < -0.39 is 6.03 Å². The molecule has 2 heterocycles. The maximum absolute atomic E-state index is 6.95. The van der Waals surface area contributed by atoms with E-state index in [0.717, 1.165) is 50.9 Å². The Morgan fingerprint density at radius 2 is 1.20 bits per heavy atom. The number of nitrogens with zero attached hydrogens (tertiary/aromatic N) is 2. The molecule has 0 saturated carbocycles. The minimum absolute atomic E-state index is 0.754. The number of rotatable bonds is 3. The van der Waals surface area contributed by atoms with Crippen molar-refractivity contribution in [3.63, 3.8) is 0 Å². The molecule has 2 aliphatic rings. The van der Waals surface area contributed by atoms with E-state index >= 15 is 0 Å². The van der Waals surface area contributed by atoms with Crippen molar-refractivity contribution in [1.82, 2.24) is 0 Å². The lowest BCUT2D eigenvalue weighted by molar-refractivity contribution is -0.855. The van der Waals surface area contributed by atoms with E-state index in [1.54, 1.807) is 7.11 Å². The number of ether oxygens (including phenoxy) is 3. The van der Waals surface area contributed by atoms with Crippen molar-refractivity contribution in [1.29, 1.82) is 0 Å². The van der Waals surface area contributed by atoms with Gasteiger partial charge in [0.05, 0.1) is 18.2 Å². The Labute approximate surface area is 204 Å². The van der Waals surface area contributed by atoms with Crippen molar-refractivity contribution in [2.24, 2.45) is 0 Å². The Bertz CT molecular complexity index is 1490. The van der Waals surface area contributed by atoms with Gasteiger partial charge in [-0.1, -0.05) is 57.7 Å². The van der Waals surface area contributed by atoms with Gasteiger partial charge in [-0.05, 0) is 43.2 Å². The first-order valence-electron chi connectivity index (χ1n) is 11.6. The van der Waals surface area contributed by atoms with Crippen LogP contribution in [0.5, 0.6) is 17.2 Å². The van der Waals surface area contributed by atoms with Crippen molar-refractivity contribution in [3.8, 4) is 17.2 Å². The third kappa shape index (κ3) is 3.39. The zero-order chi connectivity index (χ0) is 24.0. The van der Waals surface area contributed by atoms with E-state index in [-0.39, 0.29) is 0 Å². The molecule has 0 unspecified atom stereocenters. The number of para-hydroxylation sites is 3. The number of methoxy groups -OCH3 is 1. The van der Waals surface area contributed by atoms with Crippen molar-refractivity contribution >= 4 is 23.8 Å². The summed E-state index contributed by atoms with van der Waals surface area (Å²) in [7, 11) is 1.68. The molecule has 35 heavy (non-hydrogen) atoms.